The van der Waals surface area contributed by atoms with Crippen LogP contribution in [-0.2, 0) is 0 Å². The molecule has 0 radical (unpaired) electrons. The Hall–Kier alpha value is -1.89. The molecule has 1 amide bonds. The Kier molecular flexibility index (Phi) is 7.41. The van der Waals surface area contributed by atoms with Gasteiger partial charge in [0.1, 0.15) is 5.56 Å². The molecule has 130 valence electrons. The monoisotopic (exact) mass is 370 g/mol. The zero-order valence-corrected chi connectivity index (χ0v) is 14.5. The summed E-state index contributed by atoms with van der Waals surface area (Å²) in [6.07, 6.45) is 3.89. The summed E-state index contributed by atoms with van der Waals surface area (Å²) in [7, 11) is 0. The SMILES string of the molecule is Cl.Cl.NC(CNC(=O)c1ccc(-c2ccccn2)[nH]c1=O)C1CC1. The van der Waals surface area contributed by atoms with Gasteiger partial charge in [0, 0.05) is 18.8 Å². The molecule has 4 N–H and O–H groups in total. The molecule has 0 saturated heterocycles. The van der Waals surface area contributed by atoms with Crippen molar-refractivity contribution in [3.05, 3.63) is 52.4 Å². The Morgan fingerprint density at radius 1 is 1.29 bits per heavy atom. The highest BCUT2D eigenvalue weighted by molar-refractivity contribution is 5.94. The molecule has 0 aliphatic heterocycles. The molecular weight excluding hydrogens is 351 g/mol. The molecule has 24 heavy (non-hydrogen) atoms. The number of nitrogens with two attached hydrogens (primary N) is 1. The van der Waals surface area contributed by atoms with E-state index in [4.69, 9.17) is 5.73 Å². The van der Waals surface area contributed by atoms with E-state index < -0.39 is 11.5 Å². The van der Waals surface area contributed by atoms with Crippen LogP contribution < -0.4 is 16.6 Å². The van der Waals surface area contributed by atoms with E-state index in [1.807, 2.05) is 6.07 Å². The van der Waals surface area contributed by atoms with Crippen LogP contribution in [0.15, 0.2) is 41.3 Å². The molecule has 0 aromatic carbocycles. The second kappa shape index (κ2) is 8.82. The zero-order chi connectivity index (χ0) is 15.5. The van der Waals surface area contributed by atoms with Crippen LogP contribution in [0.2, 0.25) is 0 Å². The third-order valence-electron chi connectivity index (χ3n) is 3.82. The highest BCUT2D eigenvalue weighted by Gasteiger charge is 2.28. The molecule has 8 heteroatoms. The fourth-order valence-corrected chi connectivity index (χ4v) is 2.32. The number of carbonyl (C=O) groups excluding carboxylic acids is 1. The maximum atomic E-state index is 12.1. The van der Waals surface area contributed by atoms with Crippen LogP contribution in [0, 0.1) is 5.92 Å². The van der Waals surface area contributed by atoms with E-state index in [0.717, 1.165) is 12.8 Å². The number of nitrogens with one attached hydrogen (secondary N) is 2. The number of amides is 1. The van der Waals surface area contributed by atoms with Crippen molar-refractivity contribution < 1.29 is 4.79 Å². The Morgan fingerprint density at radius 2 is 2.04 bits per heavy atom. The van der Waals surface area contributed by atoms with E-state index in [1.54, 1.807) is 24.4 Å². The molecule has 3 rings (SSSR count). The number of halogens is 2. The minimum atomic E-state index is -0.430. The number of nitrogens with zero attached hydrogens (tertiary/aromatic N) is 1. The van der Waals surface area contributed by atoms with Gasteiger partial charge in [-0.2, -0.15) is 0 Å². The van der Waals surface area contributed by atoms with E-state index in [2.05, 4.69) is 15.3 Å². The Balaban J connectivity index is 0.00000144. The van der Waals surface area contributed by atoms with Crippen molar-refractivity contribution in [3.8, 4) is 11.4 Å². The fourth-order valence-electron chi connectivity index (χ4n) is 2.32. The van der Waals surface area contributed by atoms with Gasteiger partial charge in [0.05, 0.1) is 11.4 Å². The fraction of sp³-hybridized carbons (Fsp3) is 0.312. The van der Waals surface area contributed by atoms with Gasteiger partial charge < -0.3 is 16.0 Å². The zero-order valence-electron chi connectivity index (χ0n) is 12.9. The van der Waals surface area contributed by atoms with Crippen LogP contribution in [0.25, 0.3) is 11.4 Å². The Bertz CT molecular complexity index is 732. The molecule has 2 aromatic rings. The van der Waals surface area contributed by atoms with Crippen LogP contribution in [0.1, 0.15) is 23.2 Å². The van der Waals surface area contributed by atoms with E-state index in [1.165, 1.54) is 6.07 Å². The third-order valence-corrected chi connectivity index (χ3v) is 3.82. The van der Waals surface area contributed by atoms with Crippen molar-refractivity contribution in [2.75, 3.05) is 6.54 Å². The van der Waals surface area contributed by atoms with Crippen molar-refractivity contribution >= 4 is 30.7 Å². The quantitative estimate of drug-likeness (QED) is 0.745. The lowest BCUT2D eigenvalue weighted by molar-refractivity contribution is 0.0949. The van der Waals surface area contributed by atoms with E-state index >= 15 is 0 Å². The summed E-state index contributed by atoms with van der Waals surface area (Å²) in [6, 6.07) is 8.59. The summed E-state index contributed by atoms with van der Waals surface area (Å²) >= 11 is 0. The molecule has 1 aliphatic rings. The molecular formula is C16H20Cl2N4O2. The Labute approximate surface area is 152 Å². The highest BCUT2D eigenvalue weighted by atomic mass is 35.5. The largest absolute Gasteiger partial charge is 0.350 e. The summed E-state index contributed by atoms with van der Waals surface area (Å²) in [5.74, 6) is 0.107. The second-order valence-corrected chi connectivity index (χ2v) is 5.54. The minimum Gasteiger partial charge on any atom is -0.350 e. The molecule has 1 aliphatic carbocycles. The number of H-pyrrole nitrogens is 1. The van der Waals surface area contributed by atoms with Crippen LogP contribution in [0.4, 0.5) is 0 Å². The number of carbonyl (C=O) groups is 1. The van der Waals surface area contributed by atoms with Gasteiger partial charge in [0.15, 0.2) is 0 Å². The van der Waals surface area contributed by atoms with E-state index in [0.29, 0.717) is 23.9 Å². The molecule has 1 fully saturated rings. The first-order valence-corrected chi connectivity index (χ1v) is 7.33. The van der Waals surface area contributed by atoms with Crippen molar-refractivity contribution in [3.63, 3.8) is 0 Å². The number of aromatic nitrogens is 2. The van der Waals surface area contributed by atoms with Gasteiger partial charge in [-0.3, -0.25) is 14.6 Å². The summed E-state index contributed by atoms with van der Waals surface area (Å²) in [5, 5.41) is 2.72. The predicted octanol–water partition coefficient (Wildman–Crippen LogP) is 1.75. The van der Waals surface area contributed by atoms with Crippen molar-refractivity contribution in [1.29, 1.82) is 0 Å². The molecule has 1 saturated carbocycles. The average Bonchev–Trinajstić information content (AvgIpc) is 3.38. The number of rotatable bonds is 5. The van der Waals surface area contributed by atoms with Crippen LogP contribution in [0.5, 0.6) is 0 Å². The Morgan fingerprint density at radius 3 is 2.62 bits per heavy atom. The van der Waals surface area contributed by atoms with Crippen molar-refractivity contribution in [2.24, 2.45) is 11.7 Å². The average molecular weight is 371 g/mol. The highest BCUT2D eigenvalue weighted by Crippen LogP contribution is 2.31. The number of aromatic amines is 1. The first-order valence-electron chi connectivity index (χ1n) is 7.33. The molecule has 0 spiro atoms. The van der Waals surface area contributed by atoms with Crippen molar-refractivity contribution in [2.45, 2.75) is 18.9 Å². The van der Waals surface area contributed by atoms with Crippen molar-refractivity contribution in [1.82, 2.24) is 15.3 Å². The molecule has 1 atom stereocenters. The second-order valence-electron chi connectivity index (χ2n) is 5.54. The normalized spacial score (nSPS) is 14.0. The first kappa shape index (κ1) is 20.2. The molecule has 2 heterocycles. The first-order chi connectivity index (χ1) is 10.6. The molecule has 2 aromatic heterocycles. The van der Waals surface area contributed by atoms with Crippen LogP contribution in [0.3, 0.4) is 0 Å². The summed E-state index contributed by atoms with van der Waals surface area (Å²) in [4.78, 5) is 31.0. The van der Waals surface area contributed by atoms with Gasteiger partial charge in [0.25, 0.3) is 11.5 Å². The maximum Gasteiger partial charge on any atom is 0.261 e. The van der Waals surface area contributed by atoms with Gasteiger partial charge in [-0.25, -0.2) is 0 Å². The van der Waals surface area contributed by atoms with Crippen LogP contribution >= 0.6 is 24.8 Å². The lowest BCUT2D eigenvalue weighted by Gasteiger charge is -2.11. The van der Waals surface area contributed by atoms with E-state index in [-0.39, 0.29) is 36.4 Å². The van der Waals surface area contributed by atoms with Gasteiger partial charge in [0.2, 0.25) is 0 Å². The summed E-state index contributed by atoms with van der Waals surface area (Å²) in [6.45, 7) is 0.394. The van der Waals surface area contributed by atoms with Gasteiger partial charge >= 0.3 is 0 Å². The number of pyridine rings is 2. The maximum absolute atomic E-state index is 12.1. The number of hydrogen-bond acceptors (Lipinski definition) is 4. The van der Waals surface area contributed by atoms with E-state index in [9.17, 15) is 9.59 Å². The van der Waals surface area contributed by atoms with Crippen LogP contribution in [-0.4, -0.2) is 28.5 Å². The third kappa shape index (κ3) is 4.80. The summed E-state index contributed by atoms with van der Waals surface area (Å²) < 4.78 is 0. The lowest BCUT2D eigenvalue weighted by atomic mass is 10.1. The smallest absolute Gasteiger partial charge is 0.261 e. The minimum absolute atomic E-state index is 0. The molecule has 6 nitrogen and oxygen atoms in total. The lowest BCUT2D eigenvalue weighted by Crippen LogP contribution is -2.40. The topological polar surface area (TPSA) is 101 Å². The standard InChI is InChI=1S/C16H18N4O2.2ClH/c17-12(10-4-5-10)9-19-15(21)11-6-7-14(20-16(11)22)13-3-1-2-8-18-13;;/h1-3,6-8,10,12H,4-5,9,17H2,(H,19,21)(H,20,22);2*1H. The van der Waals surface area contributed by atoms with Gasteiger partial charge in [-0.15, -0.1) is 24.8 Å². The van der Waals surface area contributed by atoms with Gasteiger partial charge in [-0.05, 0) is 43.0 Å². The predicted molar refractivity (Wildman–Crippen MR) is 97.8 cm³/mol. The molecule has 1 unspecified atom stereocenters. The van der Waals surface area contributed by atoms with Gasteiger partial charge in [-0.1, -0.05) is 6.07 Å². The number of hydrogen-bond donors (Lipinski definition) is 3. The molecule has 0 bridgehead atoms. The summed E-state index contributed by atoms with van der Waals surface area (Å²) in [5.41, 5.74) is 6.83.